The fourth-order valence-electron chi connectivity index (χ4n) is 2.05. The Bertz CT molecular complexity index is 476. The lowest BCUT2D eigenvalue weighted by Gasteiger charge is -2.29. The SMILES string of the molecule is CC(Cl)C(=O)NCc1ccc(N2CCOCC2)c(F)c1. The van der Waals surface area contributed by atoms with Gasteiger partial charge in [0.2, 0.25) is 5.91 Å². The summed E-state index contributed by atoms with van der Waals surface area (Å²) in [6.07, 6.45) is 0. The van der Waals surface area contributed by atoms with Gasteiger partial charge in [-0.15, -0.1) is 11.6 Å². The van der Waals surface area contributed by atoms with Crippen LogP contribution in [-0.2, 0) is 16.1 Å². The molecule has 1 aliphatic rings. The number of nitrogens with zero attached hydrogens (tertiary/aromatic N) is 1. The van der Waals surface area contributed by atoms with E-state index in [9.17, 15) is 9.18 Å². The molecule has 1 unspecified atom stereocenters. The number of hydrogen-bond donors (Lipinski definition) is 1. The third-order valence-electron chi connectivity index (χ3n) is 3.19. The van der Waals surface area contributed by atoms with Crippen molar-refractivity contribution < 1.29 is 13.9 Å². The minimum absolute atomic E-state index is 0.260. The normalized spacial score (nSPS) is 16.9. The highest BCUT2D eigenvalue weighted by Crippen LogP contribution is 2.21. The second kappa shape index (κ2) is 6.90. The highest BCUT2D eigenvalue weighted by molar-refractivity contribution is 6.30. The molecule has 1 amide bonds. The van der Waals surface area contributed by atoms with Gasteiger partial charge >= 0.3 is 0 Å². The lowest BCUT2D eigenvalue weighted by Crippen LogP contribution is -2.36. The topological polar surface area (TPSA) is 41.6 Å². The second-order valence-corrected chi connectivity index (χ2v) is 5.37. The average molecular weight is 301 g/mol. The lowest BCUT2D eigenvalue weighted by atomic mass is 10.1. The highest BCUT2D eigenvalue weighted by Gasteiger charge is 2.15. The van der Waals surface area contributed by atoms with Crippen LogP contribution in [-0.4, -0.2) is 37.6 Å². The molecule has 6 heteroatoms. The second-order valence-electron chi connectivity index (χ2n) is 4.72. The maximum absolute atomic E-state index is 14.1. The van der Waals surface area contributed by atoms with E-state index in [4.69, 9.17) is 16.3 Å². The number of benzene rings is 1. The maximum atomic E-state index is 14.1. The summed E-state index contributed by atoms with van der Waals surface area (Å²) in [5.74, 6) is -0.540. The van der Waals surface area contributed by atoms with Crippen molar-refractivity contribution in [3.63, 3.8) is 0 Å². The monoisotopic (exact) mass is 300 g/mol. The van der Waals surface area contributed by atoms with Crippen LogP contribution in [0.15, 0.2) is 18.2 Å². The number of amides is 1. The van der Waals surface area contributed by atoms with Gasteiger partial charge in [0.05, 0.1) is 18.9 Å². The molecule has 1 aromatic carbocycles. The molecular formula is C14H18ClFN2O2. The van der Waals surface area contributed by atoms with Crippen LogP contribution in [0.3, 0.4) is 0 Å². The zero-order valence-corrected chi connectivity index (χ0v) is 12.1. The van der Waals surface area contributed by atoms with Gasteiger partial charge in [-0.1, -0.05) is 6.07 Å². The summed E-state index contributed by atoms with van der Waals surface area (Å²) in [5, 5.41) is 2.06. The van der Waals surface area contributed by atoms with E-state index in [1.54, 1.807) is 13.0 Å². The molecule has 0 spiro atoms. The van der Waals surface area contributed by atoms with Crippen LogP contribution in [0.1, 0.15) is 12.5 Å². The molecule has 20 heavy (non-hydrogen) atoms. The number of rotatable bonds is 4. The molecule has 0 radical (unpaired) electrons. The quantitative estimate of drug-likeness (QED) is 0.864. The van der Waals surface area contributed by atoms with Crippen molar-refractivity contribution in [1.82, 2.24) is 5.32 Å². The van der Waals surface area contributed by atoms with Gasteiger partial charge in [0.25, 0.3) is 0 Å². The Kier molecular flexibility index (Phi) is 5.20. The molecule has 1 N–H and O–H groups in total. The van der Waals surface area contributed by atoms with Crippen LogP contribution in [0.2, 0.25) is 0 Å². The molecule has 1 fully saturated rings. The van der Waals surface area contributed by atoms with Gasteiger partial charge in [0.15, 0.2) is 0 Å². The van der Waals surface area contributed by atoms with Crippen molar-refractivity contribution in [2.24, 2.45) is 0 Å². The van der Waals surface area contributed by atoms with Crippen molar-refractivity contribution in [2.75, 3.05) is 31.2 Å². The minimum Gasteiger partial charge on any atom is -0.378 e. The number of carbonyl (C=O) groups excluding carboxylic acids is 1. The van der Waals surface area contributed by atoms with Gasteiger partial charge in [-0.05, 0) is 24.6 Å². The Hall–Kier alpha value is -1.33. The fourth-order valence-corrected chi connectivity index (χ4v) is 2.13. The average Bonchev–Trinajstić information content (AvgIpc) is 2.45. The predicted molar refractivity (Wildman–Crippen MR) is 76.6 cm³/mol. The molecule has 110 valence electrons. The van der Waals surface area contributed by atoms with Crippen LogP contribution < -0.4 is 10.2 Å². The van der Waals surface area contributed by atoms with Crippen LogP contribution in [0.5, 0.6) is 0 Å². The summed E-state index contributed by atoms with van der Waals surface area (Å²) in [5.41, 5.74) is 1.29. The van der Waals surface area contributed by atoms with E-state index in [1.165, 1.54) is 6.07 Å². The van der Waals surface area contributed by atoms with Crippen molar-refractivity contribution in [3.8, 4) is 0 Å². The van der Waals surface area contributed by atoms with E-state index >= 15 is 0 Å². The summed E-state index contributed by atoms with van der Waals surface area (Å²) in [4.78, 5) is 13.3. The Morgan fingerprint density at radius 2 is 2.20 bits per heavy atom. The van der Waals surface area contributed by atoms with E-state index in [0.29, 0.717) is 37.6 Å². The van der Waals surface area contributed by atoms with Crippen LogP contribution >= 0.6 is 11.6 Å². The molecule has 4 nitrogen and oxygen atoms in total. The van der Waals surface area contributed by atoms with E-state index in [-0.39, 0.29) is 18.3 Å². The van der Waals surface area contributed by atoms with Crippen molar-refractivity contribution in [3.05, 3.63) is 29.6 Å². The third kappa shape index (κ3) is 3.84. The van der Waals surface area contributed by atoms with Gasteiger partial charge in [-0.2, -0.15) is 0 Å². The standard InChI is InChI=1S/C14H18ClFN2O2/c1-10(15)14(19)17-9-11-2-3-13(12(16)8-11)18-4-6-20-7-5-18/h2-3,8,10H,4-7,9H2,1H3,(H,17,19). The number of ether oxygens (including phenoxy) is 1. The number of nitrogens with one attached hydrogen (secondary N) is 1. The van der Waals surface area contributed by atoms with Crippen molar-refractivity contribution in [2.45, 2.75) is 18.8 Å². The molecule has 0 aromatic heterocycles. The Balaban J connectivity index is 2.00. The summed E-state index contributed by atoms with van der Waals surface area (Å²) in [6.45, 7) is 4.48. The molecule has 1 aliphatic heterocycles. The van der Waals surface area contributed by atoms with E-state index < -0.39 is 5.38 Å². The molecular weight excluding hydrogens is 283 g/mol. The number of anilines is 1. The lowest BCUT2D eigenvalue weighted by molar-refractivity contribution is -0.120. The number of carbonyl (C=O) groups is 1. The highest BCUT2D eigenvalue weighted by atomic mass is 35.5. The Morgan fingerprint density at radius 3 is 2.80 bits per heavy atom. The van der Waals surface area contributed by atoms with Gasteiger partial charge in [-0.25, -0.2) is 4.39 Å². The molecule has 1 aromatic rings. The minimum atomic E-state index is -0.590. The summed E-state index contributed by atoms with van der Waals surface area (Å²) in [6, 6.07) is 5.00. The molecule has 0 aliphatic carbocycles. The first kappa shape index (κ1) is 15.1. The van der Waals surface area contributed by atoms with Gasteiger partial charge in [0, 0.05) is 19.6 Å². The van der Waals surface area contributed by atoms with E-state index in [2.05, 4.69) is 5.32 Å². The summed E-state index contributed by atoms with van der Waals surface area (Å²) < 4.78 is 19.3. The van der Waals surface area contributed by atoms with Gasteiger partial charge in [0.1, 0.15) is 11.2 Å². The summed E-state index contributed by atoms with van der Waals surface area (Å²) >= 11 is 5.65. The number of morpholine rings is 1. The zero-order valence-electron chi connectivity index (χ0n) is 11.4. The molecule has 0 saturated carbocycles. The molecule has 1 atom stereocenters. The largest absolute Gasteiger partial charge is 0.378 e. The van der Waals surface area contributed by atoms with Crippen LogP contribution in [0, 0.1) is 5.82 Å². The van der Waals surface area contributed by atoms with Crippen LogP contribution in [0.4, 0.5) is 10.1 Å². The van der Waals surface area contributed by atoms with E-state index in [0.717, 1.165) is 0 Å². The summed E-state index contributed by atoms with van der Waals surface area (Å²) in [7, 11) is 0. The first-order chi connectivity index (χ1) is 9.58. The predicted octanol–water partition coefficient (Wildman–Crippen LogP) is 1.91. The first-order valence-electron chi connectivity index (χ1n) is 6.61. The van der Waals surface area contributed by atoms with Gasteiger partial charge < -0.3 is 15.0 Å². The Labute approximate surface area is 122 Å². The number of alkyl halides is 1. The molecule has 2 rings (SSSR count). The molecule has 0 bridgehead atoms. The van der Waals surface area contributed by atoms with Gasteiger partial charge in [-0.3, -0.25) is 4.79 Å². The van der Waals surface area contributed by atoms with Crippen molar-refractivity contribution >= 4 is 23.2 Å². The third-order valence-corrected chi connectivity index (χ3v) is 3.39. The molecule has 1 heterocycles. The fraction of sp³-hybridized carbons (Fsp3) is 0.500. The number of hydrogen-bond acceptors (Lipinski definition) is 3. The van der Waals surface area contributed by atoms with Crippen LogP contribution in [0.25, 0.3) is 0 Å². The number of halogens is 2. The first-order valence-corrected chi connectivity index (χ1v) is 7.04. The maximum Gasteiger partial charge on any atom is 0.238 e. The zero-order chi connectivity index (χ0) is 14.5. The van der Waals surface area contributed by atoms with Crippen molar-refractivity contribution in [1.29, 1.82) is 0 Å². The Morgan fingerprint density at radius 1 is 1.50 bits per heavy atom. The molecule has 1 saturated heterocycles. The van der Waals surface area contributed by atoms with E-state index in [1.807, 2.05) is 11.0 Å². The smallest absolute Gasteiger partial charge is 0.238 e.